The predicted octanol–water partition coefficient (Wildman–Crippen LogP) is 6.09. The number of aromatic nitrogens is 1. The van der Waals surface area contributed by atoms with E-state index in [-0.39, 0.29) is 61.3 Å². The van der Waals surface area contributed by atoms with Crippen molar-refractivity contribution in [3.8, 4) is 5.88 Å². The SMILES string of the molecule is O=C(c1ccc(F)c(Cl)c1)N1CCC(F)(CCCCOc2cc(C(F)(F)F)ccn2)CC1. The number of pyridine rings is 1. The monoisotopic (exact) mass is 476 g/mol. The van der Waals surface area contributed by atoms with Crippen molar-refractivity contribution in [2.45, 2.75) is 43.9 Å². The molecule has 1 amide bonds. The number of nitrogens with zero attached hydrogens (tertiary/aromatic N) is 2. The lowest BCUT2D eigenvalue weighted by atomic mass is 9.88. The molecule has 1 aliphatic heterocycles. The van der Waals surface area contributed by atoms with E-state index >= 15 is 4.39 Å². The van der Waals surface area contributed by atoms with E-state index < -0.39 is 23.2 Å². The van der Waals surface area contributed by atoms with Gasteiger partial charge in [0.1, 0.15) is 11.5 Å². The molecule has 0 atom stereocenters. The van der Waals surface area contributed by atoms with E-state index in [1.54, 1.807) is 0 Å². The number of carbonyl (C=O) groups is 1. The number of hydrogen-bond acceptors (Lipinski definition) is 3. The molecule has 1 aromatic carbocycles. The fraction of sp³-hybridized carbons (Fsp3) is 0.455. The van der Waals surface area contributed by atoms with Gasteiger partial charge < -0.3 is 9.64 Å². The zero-order chi connectivity index (χ0) is 23.4. The summed E-state index contributed by atoms with van der Waals surface area (Å²) in [6, 6.07) is 5.42. The third kappa shape index (κ3) is 6.31. The van der Waals surface area contributed by atoms with Crippen LogP contribution in [0.25, 0.3) is 0 Å². The molecular formula is C22H22ClF5N2O2. The van der Waals surface area contributed by atoms with Gasteiger partial charge in [0.05, 0.1) is 17.2 Å². The smallest absolute Gasteiger partial charge is 0.416 e. The molecule has 3 rings (SSSR count). The highest BCUT2D eigenvalue weighted by atomic mass is 35.5. The van der Waals surface area contributed by atoms with E-state index in [9.17, 15) is 22.4 Å². The molecule has 1 saturated heterocycles. The fourth-order valence-corrected chi connectivity index (χ4v) is 3.74. The first kappa shape index (κ1) is 24.2. The molecule has 32 heavy (non-hydrogen) atoms. The van der Waals surface area contributed by atoms with Crippen LogP contribution in [0, 0.1) is 5.82 Å². The summed E-state index contributed by atoms with van der Waals surface area (Å²) in [5, 5.41) is -0.143. The van der Waals surface area contributed by atoms with E-state index in [4.69, 9.17) is 16.3 Å². The molecule has 0 N–H and O–H groups in total. The Kier molecular flexibility index (Phi) is 7.59. The van der Waals surface area contributed by atoms with Crippen molar-refractivity contribution in [1.29, 1.82) is 0 Å². The molecule has 174 valence electrons. The van der Waals surface area contributed by atoms with E-state index in [1.807, 2.05) is 0 Å². The number of alkyl halides is 4. The quantitative estimate of drug-likeness (QED) is 0.359. The zero-order valence-electron chi connectivity index (χ0n) is 17.1. The Hall–Kier alpha value is -2.42. The molecule has 1 aliphatic rings. The number of unbranched alkanes of at least 4 members (excludes halogenated alkanes) is 1. The Balaban J connectivity index is 1.40. The van der Waals surface area contributed by atoms with Crippen molar-refractivity contribution in [1.82, 2.24) is 9.88 Å². The molecule has 0 bridgehead atoms. The van der Waals surface area contributed by atoms with Crippen LogP contribution in [-0.4, -0.2) is 41.2 Å². The minimum atomic E-state index is -4.47. The number of carbonyl (C=O) groups excluding carboxylic acids is 1. The van der Waals surface area contributed by atoms with E-state index in [1.165, 1.54) is 17.0 Å². The van der Waals surface area contributed by atoms with Crippen LogP contribution in [0.3, 0.4) is 0 Å². The van der Waals surface area contributed by atoms with E-state index in [0.717, 1.165) is 24.4 Å². The van der Waals surface area contributed by atoms with Crippen LogP contribution in [0.2, 0.25) is 5.02 Å². The summed E-state index contributed by atoms with van der Waals surface area (Å²) in [4.78, 5) is 17.8. The minimum Gasteiger partial charge on any atom is -0.478 e. The van der Waals surface area contributed by atoms with Gasteiger partial charge in [0.15, 0.2) is 0 Å². The number of rotatable bonds is 7. The summed E-state index contributed by atoms with van der Waals surface area (Å²) in [6.45, 7) is 0.588. The molecule has 1 aromatic heterocycles. The second-order valence-corrected chi connectivity index (χ2v) is 8.17. The summed E-state index contributed by atoms with van der Waals surface area (Å²) in [7, 11) is 0. The topological polar surface area (TPSA) is 42.4 Å². The van der Waals surface area contributed by atoms with Crippen LogP contribution in [0.15, 0.2) is 36.5 Å². The molecular weight excluding hydrogens is 455 g/mol. The van der Waals surface area contributed by atoms with Gasteiger partial charge in [-0.1, -0.05) is 11.6 Å². The van der Waals surface area contributed by atoms with Gasteiger partial charge in [-0.2, -0.15) is 13.2 Å². The van der Waals surface area contributed by atoms with Crippen molar-refractivity contribution in [2.24, 2.45) is 0 Å². The third-order valence-corrected chi connectivity index (χ3v) is 5.73. The Morgan fingerprint density at radius 1 is 1.16 bits per heavy atom. The molecule has 1 fully saturated rings. The number of likely N-dealkylation sites (tertiary alicyclic amines) is 1. The molecule has 0 spiro atoms. The van der Waals surface area contributed by atoms with Crippen molar-refractivity contribution >= 4 is 17.5 Å². The number of amides is 1. The van der Waals surface area contributed by atoms with Gasteiger partial charge >= 0.3 is 6.18 Å². The van der Waals surface area contributed by atoms with Gasteiger partial charge in [-0.05, 0) is 56.4 Å². The van der Waals surface area contributed by atoms with Crippen LogP contribution in [0.4, 0.5) is 22.0 Å². The summed E-state index contributed by atoms with van der Waals surface area (Å²) < 4.78 is 71.7. The van der Waals surface area contributed by atoms with Crippen LogP contribution >= 0.6 is 11.6 Å². The van der Waals surface area contributed by atoms with Crippen molar-refractivity contribution in [3.05, 3.63) is 58.5 Å². The minimum absolute atomic E-state index is 0.123. The largest absolute Gasteiger partial charge is 0.478 e. The number of piperidine rings is 1. The summed E-state index contributed by atoms with van der Waals surface area (Å²) >= 11 is 5.72. The highest BCUT2D eigenvalue weighted by Gasteiger charge is 2.35. The van der Waals surface area contributed by atoms with E-state index in [0.29, 0.717) is 12.8 Å². The molecule has 4 nitrogen and oxygen atoms in total. The summed E-state index contributed by atoms with van der Waals surface area (Å²) in [5.74, 6) is -1.06. The predicted molar refractivity (Wildman–Crippen MR) is 109 cm³/mol. The first-order chi connectivity index (χ1) is 15.1. The molecule has 0 aliphatic carbocycles. The van der Waals surface area contributed by atoms with Gasteiger partial charge in [-0.3, -0.25) is 4.79 Å². The second-order valence-electron chi connectivity index (χ2n) is 7.76. The zero-order valence-corrected chi connectivity index (χ0v) is 17.9. The van der Waals surface area contributed by atoms with Crippen molar-refractivity contribution < 1.29 is 31.5 Å². The molecule has 0 saturated carbocycles. The van der Waals surface area contributed by atoms with Crippen LogP contribution in [-0.2, 0) is 6.18 Å². The lowest BCUT2D eigenvalue weighted by molar-refractivity contribution is -0.137. The summed E-state index contributed by atoms with van der Waals surface area (Å²) in [6.07, 6.45) is -1.90. The standard InChI is InChI=1S/C22H22ClF5N2O2/c23-17-13-15(3-4-18(17)24)20(31)30-10-7-21(25,8-11-30)6-1-2-12-32-19-14-16(5-9-29-19)22(26,27)28/h3-5,9,13-14H,1-2,6-8,10-12H2. The second kappa shape index (κ2) is 10.0. The van der Waals surface area contributed by atoms with Gasteiger partial charge in [-0.15, -0.1) is 0 Å². The van der Waals surface area contributed by atoms with Crippen molar-refractivity contribution in [3.63, 3.8) is 0 Å². The number of hydrogen-bond donors (Lipinski definition) is 0. The highest BCUT2D eigenvalue weighted by Crippen LogP contribution is 2.33. The lowest BCUT2D eigenvalue weighted by Gasteiger charge is -2.36. The van der Waals surface area contributed by atoms with Gasteiger partial charge in [-0.25, -0.2) is 13.8 Å². The number of ether oxygens (including phenoxy) is 1. The van der Waals surface area contributed by atoms with Gasteiger partial charge in [0.2, 0.25) is 5.88 Å². The average Bonchev–Trinajstić information content (AvgIpc) is 2.75. The molecule has 0 radical (unpaired) electrons. The molecule has 10 heteroatoms. The van der Waals surface area contributed by atoms with Crippen LogP contribution in [0.1, 0.15) is 48.0 Å². The maximum Gasteiger partial charge on any atom is 0.416 e. The first-order valence-corrected chi connectivity index (χ1v) is 10.5. The number of halogens is 6. The van der Waals surface area contributed by atoms with Gasteiger partial charge in [0.25, 0.3) is 5.91 Å². The maximum absolute atomic E-state index is 15.1. The molecule has 2 aromatic rings. The van der Waals surface area contributed by atoms with Crippen molar-refractivity contribution in [2.75, 3.05) is 19.7 Å². The maximum atomic E-state index is 15.1. The third-order valence-electron chi connectivity index (χ3n) is 5.44. The highest BCUT2D eigenvalue weighted by molar-refractivity contribution is 6.31. The Labute approximate surface area is 187 Å². The van der Waals surface area contributed by atoms with E-state index in [2.05, 4.69) is 4.98 Å². The Bertz CT molecular complexity index is 946. The average molecular weight is 477 g/mol. The number of benzene rings is 1. The van der Waals surface area contributed by atoms with Gasteiger partial charge in [0, 0.05) is 30.9 Å². The molecule has 0 unspecified atom stereocenters. The summed E-state index contributed by atoms with van der Waals surface area (Å²) in [5.41, 5.74) is -2.01. The Morgan fingerprint density at radius 3 is 2.53 bits per heavy atom. The fourth-order valence-electron chi connectivity index (χ4n) is 3.56. The normalized spacial score (nSPS) is 16.1. The van der Waals surface area contributed by atoms with Crippen LogP contribution < -0.4 is 4.74 Å². The lowest BCUT2D eigenvalue weighted by Crippen LogP contribution is -2.44. The first-order valence-electron chi connectivity index (χ1n) is 10.2. The Morgan fingerprint density at radius 2 is 1.88 bits per heavy atom. The van der Waals surface area contributed by atoms with Crippen LogP contribution in [0.5, 0.6) is 5.88 Å². The molecule has 2 heterocycles.